The summed E-state index contributed by atoms with van der Waals surface area (Å²) in [6.07, 6.45) is 0. The van der Waals surface area contributed by atoms with Crippen molar-refractivity contribution in [1.29, 1.82) is 0 Å². The maximum atomic E-state index is 5.16. The molecule has 2 heteroatoms. The molecule has 1 aliphatic rings. The average molecular weight is 185 g/mol. The first-order valence-electron chi connectivity index (χ1n) is 4.99. The third-order valence-corrected chi connectivity index (χ3v) is 4.26. The smallest absolute Gasteiger partial charge is 0.0733 e. The second-order valence-corrected chi connectivity index (χ2v) is 6.18. The number of rotatable bonds is 3. The predicted molar refractivity (Wildman–Crippen MR) is 55.0 cm³/mol. The Labute approximate surface area is 81.8 Å². The molecule has 0 aromatic heterocycles. The molecule has 1 fully saturated rings. The molecule has 0 aliphatic heterocycles. The van der Waals surface area contributed by atoms with Gasteiger partial charge in [0.25, 0.3) is 0 Å². The number of nitrogens with two attached hydrogens (primary N) is 1. The van der Waals surface area contributed by atoms with E-state index in [1.54, 1.807) is 0 Å². The molecular formula is C11H23NO. The molecule has 0 spiro atoms. The highest BCUT2D eigenvalue weighted by molar-refractivity contribution is 5.16. The summed E-state index contributed by atoms with van der Waals surface area (Å²) in [7, 11) is 0. The lowest BCUT2D eigenvalue weighted by atomic mass is 9.83. The molecule has 0 radical (unpaired) electrons. The standard InChI is InChI=1S/C11H23NO/c1-9(2,7-13-12)8-10(3,4)11(8,5)6/h8H,7,12H2,1-6H3. The van der Waals surface area contributed by atoms with Gasteiger partial charge in [-0.05, 0) is 22.2 Å². The van der Waals surface area contributed by atoms with E-state index in [0.717, 1.165) is 0 Å². The zero-order valence-corrected chi connectivity index (χ0v) is 9.77. The van der Waals surface area contributed by atoms with Gasteiger partial charge < -0.3 is 4.84 Å². The van der Waals surface area contributed by atoms with Gasteiger partial charge in [0.1, 0.15) is 0 Å². The molecule has 13 heavy (non-hydrogen) atoms. The van der Waals surface area contributed by atoms with Gasteiger partial charge in [0.05, 0.1) is 6.61 Å². The zero-order chi connectivity index (χ0) is 10.5. The molecule has 1 saturated carbocycles. The fourth-order valence-corrected chi connectivity index (χ4v) is 3.45. The third kappa shape index (κ3) is 1.40. The van der Waals surface area contributed by atoms with E-state index < -0.39 is 0 Å². The van der Waals surface area contributed by atoms with Crippen molar-refractivity contribution in [2.45, 2.75) is 41.5 Å². The highest BCUT2D eigenvalue weighted by Gasteiger charge is 2.69. The summed E-state index contributed by atoms with van der Waals surface area (Å²) in [5, 5.41) is 0. The Kier molecular flexibility index (Phi) is 2.29. The number of hydrogen-bond acceptors (Lipinski definition) is 2. The molecule has 0 aromatic rings. The van der Waals surface area contributed by atoms with E-state index in [4.69, 9.17) is 10.7 Å². The Morgan fingerprint density at radius 3 is 1.77 bits per heavy atom. The quantitative estimate of drug-likeness (QED) is 0.686. The van der Waals surface area contributed by atoms with E-state index in [1.165, 1.54) is 0 Å². The van der Waals surface area contributed by atoms with E-state index in [-0.39, 0.29) is 5.41 Å². The molecule has 0 bridgehead atoms. The lowest BCUT2D eigenvalue weighted by Crippen LogP contribution is -2.26. The lowest BCUT2D eigenvalue weighted by molar-refractivity contribution is 0.0399. The maximum Gasteiger partial charge on any atom is 0.0733 e. The van der Waals surface area contributed by atoms with Gasteiger partial charge in [0.15, 0.2) is 0 Å². The minimum absolute atomic E-state index is 0.182. The molecular weight excluding hydrogens is 162 g/mol. The summed E-state index contributed by atoms with van der Waals surface area (Å²) in [5.74, 6) is 5.85. The molecule has 0 unspecified atom stereocenters. The topological polar surface area (TPSA) is 35.2 Å². The van der Waals surface area contributed by atoms with Crippen LogP contribution in [0.4, 0.5) is 0 Å². The van der Waals surface area contributed by atoms with E-state index in [9.17, 15) is 0 Å². The van der Waals surface area contributed by atoms with Gasteiger partial charge in [-0.3, -0.25) is 0 Å². The van der Waals surface area contributed by atoms with Crippen LogP contribution in [0.25, 0.3) is 0 Å². The van der Waals surface area contributed by atoms with Crippen LogP contribution in [0.15, 0.2) is 0 Å². The van der Waals surface area contributed by atoms with Gasteiger partial charge in [-0.1, -0.05) is 41.5 Å². The van der Waals surface area contributed by atoms with Crippen LogP contribution in [0.5, 0.6) is 0 Å². The summed E-state index contributed by atoms with van der Waals surface area (Å²) in [6.45, 7) is 14.4. The van der Waals surface area contributed by atoms with Crippen molar-refractivity contribution in [3.63, 3.8) is 0 Å². The molecule has 0 heterocycles. The average Bonchev–Trinajstić information content (AvgIpc) is 2.22. The molecule has 2 nitrogen and oxygen atoms in total. The van der Waals surface area contributed by atoms with E-state index in [1.807, 2.05) is 0 Å². The van der Waals surface area contributed by atoms with Crippen LogP contribution in [0.2, 0.25) is 0 Å². The van der Waals surface area contributed by atoms with Gasteiger partial charge in [-0.25, -0.2) is 5.90 Å². The monoisotopic (exact) mass is 185 g/mol. The van der Waals surface area contributed by atoms with Gasteiger partial charge in [-0.2, -0.15) is 0 Å². The Morgan fingerprint density at radius 2 is 1.54 bits per heavy atom. The Bertz CT molecular complexity index is 192. The van der Waals surface area contributed by atoms with Gasteiger partial charge in [0, 0.05) is 0 Å². The SMILES string of the molecule is CC(C)(CON)C1C(C)(C)C1(C)C. The largest absolute Gasteiger partial charge is 0.304 e. The van der Waals surface area contributed by atoms with Crippen LogP contribution in [0.1, 0.15) is 41.5 Å². The second-order valence-electron chi connectivity index (χ2n) is 6.18. The van der Waals surface area contributed by atoms with Gasteiger partial charge >= 0.3 is 0 Å². The minimum atomic E-state index is 0.182. The maximum absolute atomic E-state index is 5.16. The van der Waals surface area contributed by atoms with Crippen LogP contribution in [-0.4, -0.2) is 6.61 Å². The lowest BCUT2D eigenvalue weighted by Gasteiger charge is -2.25. The summed E-state index contributed by atoms with van der Waals surface area (Å²) in [6, 6.07) is 0. The van der Waals surface area contributed by atoms with Crippen LogP contribution >= 0.6 is 0 Å². The Morgan fingerprint density at radius 1 is 1.15 bits per heavy atom. The van der Waals surface area contributed by atoms with Crippen molar-refractivity contribution in [3.8, 4) is 0 Å². The van der Waals surface area contributed by atoms with E-state index in [0.29, 0.717) is 23.4 Å². The van der Waals surface area contributed by atoms with Crippen molar-refractivity contribution in [3.05, 3.63) is 0 Å². The van der Waals surface area contributed by atoms with Crippen molar-refractivity contribution in [2.75, 3.05) is 6.61 Å². The fraction of sp³-hybridized carbons (Fsp3) is 1.00. The molecule has 2 N–H and O–H groups in total. The fourth-order valence-electron chi connectivity index (χ4n) is 3.45. The van der Waals surface area contributed by atoms with Crippen molar-refractivity contribution in [1.82, 2.24) is 0 Å². The Balaban J connectivity index is 2.77. The summed E-state index contributed by atoms with van der Waals surface area (Å²) >= 11 is 0. The first kappa shape index (κ1) is 11.0. The van der Waals surface area contributed by atoms with Crippen molar-refractivity contribution in [2.24, 2.45) is 28.1 Å². The molecule has 1 rings (SSSR count). The van der Waals surface area contributed by atoms with Crippen LogP contribution in [0, 0.1) is 22.2 Å². The van der Waals surface area contributed by atoms with E-state index >= 15 is 0 Å². The molecule has 1 aliphatic carbocycles. The van der Waals surface area contributed by atoms with Gasteiger partial charge in [-0.15, -0.1) is 0 Å². The van der Waals surface area contributed by atoms with Gasteiger partial charge in [0.2, 0.25) is 0 Å². The summed E-state index contributed by atoms with van der Waals surface area (Å²) < 4.78 is 0. The molecule has 0 saturated heterocycles. The van der Waals surface area contributed by atoms with Crippen LogP contribution in [-0.2, 0) is 4.84 Å². The number of hydrogen-bond donors (Lipinski definition) is 1. The van der Waals surface area contributed by atoms with Crippen LogP contribution < -0.4 is 5.90 Å². The summed E-state index contributed by atoms with van der Waals surface area (Å²) in [5.41, 5.74) is 1.01. The first-order chi connectivity index (χ1) is 5.68. The first-order valence-corrected chi connectivity index (χ1v) is 4.99. The van der Waals surface area contributed by atoms with E-state index in [2.05, 4.69) is 41.5 Å². The zero-order valence-electron chi connectivity index (χ0n) is 9.77. The highest BCUT2D eigenvalue weighted by Crippen LogP contribution is 2.74. The van der Waals surface area contributed by atoms with Crippen LogP contribution in [0.3, 0.4) is 0 Å². The van der Waals surface area contributed by atoms with Crippen molar-refractivity contribution >= 4 is 0 Å². The highest BCUT2D eigenvalue weighted by atomic mass is 16.6. The van der Waals surface area contributed by atoms with Crippen molar-refractivity contribution < 1.29 is 4.84 Å². The normalized spacial score (nSPS) is 26.1. The Hall–Kier alpha value is -0.0800. The summed E-state index contributed by atoms with van der Waals surface area (Å²) in [4.78, 5) is 4.79. The molecule has 0 atom stereocenters. The predicted octanol–water partition coefficient (Wildman–Crippen LogP) is 2.59. The molecule has 0 aromatic carbocycles. The third-order valence-electron chi connectivity index (χ3n) is 4.26. The second kappa shape index (κ2) is 2.71. The molecule has 78 valence electrons. The molecule has 0 amide bonds. The minimum Gasteiger partial charge on any atom is -0.304 e.